The highest BCUT2D eigenvalue weighted by Crippen LogP contribution is 2.27. The Kier molecular flexibility index (Phi) is 6.09. The Morgan fingerprint density at radius 3 is 2.90 bits per heavy atom. The van der Waals surface area contributed by atoms with Gasteiger partial charge in [-0.15, -0.1) is 0 Å². The second-order valence-corrected chi connectivity index (χ2v) is 4.73. The van der Waals surface area contributed by atoms with Crippen molar-refractivity contribution in [3.63, 3.8) is 0 Å². The number of benzene rings is 1. The summed E-state index contributed by atoms with van der Waals surface area (Å²) >= 11 is 0. The number of nitrogens with one attached hydrogen (secondary N) is 2. The second kappa shape index (κ2) is 8.32. The fraction of sp³-hybridized carbons (Fsp3) is 0.438. The summed E-state index contributed by atoms with van der Waals surface area (Å²) in [6.07, 6.45) is 5.67. The molecule has 2 rings (SSSR count). The van der Waals surface area contributed by atoms with E-state index >= 15 is 0 Å². The zero-order valence-corrected chi connectivity index (χ0v) is 12.7. The molecule has 0 saturated heterocycles. The Hall–Kier alpha value is -2.01. The first-order chi connectivity index (χ1) is 10.3. The van der Waals surface area contributed by atoms with Crippen LogP contribution in [-0.4, -0.2) is 30.2 Å². The molecule has 0 aliphatic heterocycles. The van der Waals surface area contributed by atoms with Gasteiger partial charge in [0.25, 0.3) is 0 Å². The van der Waals surface area contributed by atoms with E-state index in [0.29, 0.717) is 6.61 Å². The first-order valence-corrected chi connectivity index (χ1v) is 7.32. The molecule has 0 radical (unpaired) electrons. The zero-order valence-electron chi connectivity index (χ0n) is 12.7. The van der Waals surface area contributed by atoms with E-state index in [9.17, 15) is 0 Å². The van der Waals surface area contributed by atoms with Gasteiger partial charge in [-0.1, -0.05) is 6.07 Å². The van der Waals surface area contributed by atoms with E-state index in [1.165, 1.54) is 5.56 Å². The van der Waals surface area contributed by atoms with Gasteiger partial charge in [0.05, 0.1) is 13.7 Å². The van der Waals surface area contributed by atoms with E-state index in [4.69, 9.17) is 9.47 Å². The molecule has 0 spiro atoms. The number of rotatable bonds is 9. The number of aromatic amines is 1. The normalized spacial score (nSPS) is 10.6. The van der Waals surface area contributed by atoms with Gasteiger partial charge >= 0.3 is 0 Å². The summed E-state index contributed by atoms with van der Waals surface area (Å²) in [5, 5.41) is 3.43. The lowest BCUT2D eigenvalue weighted by Crippen LogP contribution is -2.15. The number of H-pyrrole nitrogens is 1. The number of hydrogen-bond acceptors (Lipinski definition) is 4. The molecule has 0 atom stereocenters. The van der Waals surface area contributed by atoms with Crippen molar-refractivity contribution >= 4 is 0 Å². The van der Waals surface area contributed by atoms with Crippen molar-refractivity contribution in [1.29, 1.82) is 0 Å². The third kappa shape index (κ3) is 4.79. The molecule has 0 saturated carbocycles. The Labute approximate surface area is 125 Å². The highest BCUT2D eigenvalue weighted by Gasteiger charge is 2.05. The number of aryl methyl sites for hydroxylation is 1. The van der Waals surface area contributed by atoms with Crippen molar-refractivity contribution in [2.45, 2.75) is 26.3 Å². The average molecular weight is 289 g/mol. The van der Waals surface area contributed by atoms with E-state index in [-0.39, 0.29) is 0 Å². The van der Waals surface area contributed by atoms with Crippen LogP contribution in [0.5, 0.6) is 11.5 Å². The summed E-state index contributed by atoms with van der Waals surface area (Å²) in [6.45, 7) is 4.38. The molecule has 5 nitrogen and oxygen atoms in total. The van der Waals surface area contributed by atoms with Gasteiger partial charge in [0.2, 0.25) is 0 Å². The van der Waals surface area contributed by atoms with Crippen molar-refractivity contribution in [2.24, 2.45) is 0 Å². The van der Waals surface area contributed by atoms with Gasteiger partial charge in [-0.05, 0) is 37.6 Å². The van der Waals surface area contributed by atoms with Crippen LogP contribution in [0.4, 0.5) is 0 Å². The average Bonchev–Trinajstić information content (AvgIpc) is 3.01. The van der Waals surface area contributed by atoms with Crippen molar-refractivity contribution in [3.8, 4) is 11.5 Å². The van der Waals surface area contributed by atoms with E-state index in [0.717, 1.165) is 43.3 Å². The molecule has 0 bridgehead atoms. The third-order valence-electron chi connectivity index (χ3n) is 3.18. The minimum atomic E-state index is 0.635. The topological polar surface area (TPSA) is 59.2 Å². The predicted molar refractivity (Wildman–Crippen MR) is 82.8 cm³/mol. The molecule has 0 fully saturated rings. The molecule has 0 aliphatic carbocycles. The highest BCUT2D eigenvalue weighted by molar-refractivity contribution is 5.42. The summed E-state index contributed by atoms with van der Waals surface area (Å²) in [7, 11) is 1.66. The molecule has 1 aromatic carbocycles. The highest BCUT2D eigenvalue weighted by atomic mass is 16.5. The number of hydrogen-bond donors (Lipinski definition) is 2. The molecule has 114 valence electrons. The maximum atomic E-state index is 5.58. The molecule has 2 aromatic rings. The van der Waals surface area contributed by atoms with Crippen LogP contribution in [0.1, 0.15) is 24.7 Å². The fourth-order valence-corrected chi connectivity index (χ4v) is 2.15. The first-order valence-electron chi connectivity index (χ1n) is 7.32. The molecular formula is C16H23N3O2. The minimum Gasteiger partial charge on any atom is -0.493 e. The van der Waals surface area contributed by atoms with Gasteiger partial charge in [-0.25, -0.2) is 4.98 Å². The maximum Gasteiger partial charge on any atom is 0.161 e. The molecular weight excluding hydrogens is 266 g/mol. The summed E-state index contributed by atoms with van der Waals surface area (Å²) < 4.78 is 10.9. The molecule has 1 heterocycles. The molecule has 21 heavy (non-hydrogen) atoms. The predicted octanol–water partition coefficient (Wildman–Crippen LogP) is 2.54. The summed E-state index contributed by atoms with van der Waals surface area (Å²) in [6, 6.07) is 6.04. The maximum absolute atomic E-state index is 5.58. The Bertz CT molecular complexity index is 526. The number of methoxy groups -OCH3 is 1. The van der Waals surface area contributed by atoms with Crippen LogP contribution in [0.15, 0.2) is 30.6 Å². The molecule has 0 aliphatic rings. The molecule has 5 heteroatoms. The van der Waals surface area contributed by atoms with Crippen molar-refractivity contribution in [1.82, 2.24) is 15.3 Å². The van der Waals surface area contributed by atoms with Crippen LogP contribution in [0.2, 0.25) is 0 Å². The van der Waals surface area contributed by atoms with Crippen molar-refractivity contribution in [2.75, 3.05) is 20.3 Å². The quantitative estimate of drug-likeness (QED) is 0.697. The number of ether oxygens (including phenoxy) is 2. The zero-order chi connectivity index (χ0) is 14.9. The smallest absolute Gasteiger partial charge is 0.161 e. The van der Waals surface area contributed by atoms with Gasteiger partial charge in [0, 0.05) is 25.4 Å². The Morgan fingerprint density at radius 2 is 2.19 bits per heavy atom. The van der Waals surface area contributed by atoms with Crippen molar-refractivity contribution < 1.29 is 9.47 Å². The standard InChI is InChI=1S/C16H23N3O2/c1-3-21-15-11-13(6-7-14(15)20-2)12-17-8-4-5-16-18-9-10-19-16/h6-7,9-11,17H,3-5,8,12H2,1-2H3,(H,18,19). The van der Waals surface area contributed by atoms with E-state index < -0.39 is 0 Å². The number of nitrogens with zero attached hydrogens (tertiary/aromatic N) is 1. The van der Waals surface area contributed by atoms with Crippen LogP contribution in [-0.2, 0) is 13.0 Å². The van der Waals surface area contributed by atoms with E-state index in [1.807, 2.05) is 25.3 Å². The van der Waals surface area contributed by atoms with E-state index in [2.05, 4.69) is 21.4 Å². The lowest BCUT2D eigenvalue weighted by Gasteiger charge is -2.11. The van der Waals surface area contributed by atoms with Crippen LogP contribution in [0.3, 0.4) is 0 Å². The largest absolute Gasteiger partial charge is 0.493 e. The van der Waals surface area contributed by atoms with Crippen molar-refractivity contribution in [3.05, 3.63) is 42.0 Å². The summed E-state index contributed by atoms with van der Waals surface area (Å²) in [5.41, 5.74) is 1.19. The monoisotopic (exact) mass is 289 g/mol. The molecule has 0 amide bonds. The molecule has 2 N–H and O–H groups in total. The summed E-state index contributed by atoms with van der Waals surface area (Å²) in [4.78, 5) is 7.32. The van der Waals surface area contributed by atoms with Gasteiger partial charge in [-0.3, -0.25) is 0 Å². The van der Waals surface area contributed by atoms with Gasteiger partial charge in [0.15, 0.2) is 11.5 Å². The van der Waals surface area contributed by atoms with Crippen LogP contribution >= 0.6 is 0 Å². The molecule has 1 aromatic heterocycles. The molecule has 0 unspecified atom stereocenters. The third-order valence-corrected chi connectivity index (χ3v) is 3.18. The lowest BCUT2D eigenvalue weighted by atomic mass is 10.2. The first kappa shape index (κ1) is 15.4. The minimum absolute atomic E-state index is 0.635. The lowest BCUT2D eigenvalue weighted by molar-refractivity contribution is 0.310. The fourth-order valence-electron chi connectivity index (χ4n) is 2.15. The van der Waals surface area contributed by atoms with Gasteiger partial charge < -0.3 is 19.8 Å². The van der Waals surface area contributed by atoms with Crippen LogP contribution < -0.4 is 14.8 Å². The second-order valence-electron chi connectivity index (χ2n) is 4.73. The van der Waals surface area contributed by atoms with Crippen LogP contribution in [0, 0.1) is 0 Å². The number of aromatic nitrogens is 2. The number of imidazole rings is 1. The summed E-state index contributed by atoms with van der Waals surface area (Å²) in [5.74, 6) is 2.62. The van der Waals surface area contributed by atoms with E-state index in [1.54, 1.807) is 13.3 Å². The Morgan fingerprint density at radius 1 is 1.29 bits per heavy atom. The van der Waals surface area contributed by atoms with Gasteiger partial charge in [0.1, 0.15) is 5.82 Å². The van der Waals surface area contributed by atoms with Gasteiger partial charge in [-0.2, -0.15) is 0 Å². The van der Waals surface area contributed by atoms with Crippen LogP contribution in [0.25, 0.3) is 0 Å². The SMILES string of the molecule is CCOc1cc(CNCCCc2ncc[nH]2)ccc1OC. The Balaban J connectivity index is 1.76.